The van der Waals surface area contributed by atoms with Gasteiger partial charge < -0.3 is 10.4 Å². The molecular formula is C12H12F2N2O5. The normalized spacial score (nSPS) is 12.0. The number of rotatable bonds is 5. The fraction of sp³-hybridized carbons (Fsp3) is 0.333. The third kappa shape index (κ3) is 3.71. The molecule has 7 nitrogen and oxygen atoms in total. The molecular weight excluding hydrogens is 290 g/mol. The number of nitrogens with zero attached hydrogens (tertiary/aromatic N) is 1. The number of benzene rings is 1. The van der Waals surface area contributed by atoms with E-state index in [0.717, 1.165) is 0 Å². The van der Waals surface area contributed by atoms with Gasteiger partial charge in [-0.2, -0.15) is 0 Å². The van der Waals surface area contributed by atoms with Gasteiger partial charge in [-0.3, -0.25) is 14.9 Å². The molecule has 0 unspecified atom stereocenters. The molecule has 1 atom stereocenters. The van der Waals surface area contributed by atoms with E-state index in [9.17, 15) is 28.5 Å². The van der Waals surface area contributed by atoms with Crippen molar-refractivity contribution in [3.05, 3.63) is 39.4 Å². The fourth-order valence-electron chi connectivity index (χ4n) is 1.60. The van der Waals surface area contributed by atoms with Crippen LogP contribution in [0.25, 0.3) is 0 Å². The van der Waals surface area contributed by atoms with E-state index in [1.165, 1.54) is 13.8 Å². The summed E-state index contributed by atoms with van der Waals surface area (Å²) < 4.78 is 26.1. The lowest BCUT2D eigenvalue weighted by atomic mass is 10.0. The average Bonchev–Trinajstić information content (AvgIpc) is 2.37. The maximum atomic E-state index is 13.1. The van der Waals surface area contributed by atoms with Crippen molar-refractivity contribution in [1.82, 2.24) is 5.32 Å². The van der Waals surface area contributed by atoms with Crippen molar-refractivity contribution < 1.29 is 28.4 Å². The highest BCUT2D eigenvalue weighted by atomic mass is 19.2. The Bertz CT molecular complexity index is 604. The summed E-state index contributed by atoms with van der Waals surface area (Å²) in [6.45, 7) is 3.03. The number of amides is 1. The second-order valence-electron chi connectivity index (χ2n) is 4.57. The topological polar surface area (TPSA) is 110 Å². The van der Waals surface area contributed by atoms with E-state index in [-0.39, 0.29) is 6.07 Å². The monoisotopic (exact) mass is 302 g/mol. The summed E-state index contributed by atoms with van der Waals surface area (Å²) in [6.07, 6.45) is 0. The van der Waals surface area contributed by atoms with Crippen LogP contribution in [0, 0.1) is 27.7 Å². The van der Waals surface area contributed by atoms with E-state index in [4.69, 9.17) is 5.11 Å². The van der Waals surface area contributed by atoms with E-state index in [1.807, 2.05) is 5.32 Å². The molecule has 1 aromatic carbocycles. The quantitative estimate of drug-likeness (QED) is 0.635. The number of hydrogen-bond donors (Lipinski definition) is 2. The Labute approximate surface area is 117 Å². The van der Waals surface area contributed by atoms with Crippen LogP contribution in [-0.4, -0.2) is 27.9 Å². The number of carboxylic acid groups (broad SMARTS) is 1. The Hall–Kier alpha value is -2.58. The van der Waals surface area contributed by atoms with Gasteiger partial charge in [0.2, 0.25) is 0 Å². The van der Waals surface area contributed by atoms with Crippen molar-refractivity contribution in [3.63, 3.8) is 0 Å². The number of carboxylic acids is 1. The Balaban J connectivity index is 3.21. The van der Waals surface area contributed by atoms with Gasteiger partial charge in [-0.1, -0.05) is 13.8 Å². The molecule has 0 aromatic heterocycles. The minimum Gasteiger partial charge on any atom is -0.480 e. The van der Waals surface area contributed by atoms with Crippen LogP contribution in [0.2, 0.25) is 0 Å². The van der Waals surface area contributed by atoms with Gasteiger partial charge in [0, 0.05) is 0 Å². The Morgan fingerprint density at radius 3 is 2.24 bits per heavy atom. The summed E-state index contributed by atoms with van der Waals surface area (Å²) in [4.78, 5) is 32.6. The van der Waals surface area contributed by atoms with Crippen molar-refractivity contribution in [1.29, 1.82) is 0 Å². The van der Waals surface area contributed by atoms with Crippen LogP contribution < -0.4 is 5.32 Å². The van der Waals surface area contributed by atoms with Crippen LogP contribution in [0.5, 0.6) is 0 Å². The first-order valence-corrected chi connectivity index (χ1v) is 5.82. The second-order valence-corrected chi connectivity index (χ2v) is 4.57. The number of hydrogen-bond acceptors (Lipinski definition) is 4. The number of nitro groups is 1. The molecule has 0 saturated heterocycles. The van der Waals surface area contributed by atoms with Crippen LogP contribution in [0.3, 0.4) is 0 Å². The zero-order valence-electron chi connectivity index (χ0n) is 11.1. The molecule has 0 aliphatic rings. The molecule has 0 fully saturated rings. The summed E-state index contributed by atoms with van der Waals surface area (Å²) >= 11 is 0. The summed E-state index contributed by atoms with van der Waals surface area (Å²) in [6, 6.07) is -0.678. The lowest BCUT2D eigenvalue weighted by molar-refractivity contribution is -0.385. The minimum absolute atomic E-state index is 0.273. The lowest BCUT2D eigenvalue weighted by Crippen LogP contribution is -2.44. The van der Waals surface area contributed by atoms with E-state index >= 15 is 0 Å². The summed E-state index contributed by atoms with van der Waals surface area (Å²) in [5.74, 6) is -5.93. The Kier molecular flexibility index (Phi) is 4.90. The minimum atomic E-state index is -1.48. The molecule has 0 aliphatic carbocycles. The first-order valence-electron chi connectivity index (χ1n) is 5.82. The molecule has 9 heteroatoms. The molecule has 114 valence electrons. The summed E-state index contributed by atoms with van der Waals surface area (Å²) in [5, 5.41) is 21.7. The molecule has 0 spiro atoms. The maximum Gasteiger partial charge on any atom is 0.326 e. The van der Waals surface area contributed by atoms with Gasteiger partial charge in [-0.05, 0) is 12.0 Å². The predicted molar refractivity (Wildman–Crippen MR) is 66.7 cm³/mol. The predicted octanol–water partition coefficient (Wildman–Crippen LogP) is 1.71. The molecule has 1 aromatic rings. The molecule has 1 amide bonds. The molecule has 0 aliphatic heterocycles. The van der Waals surface area contributed by atoms with Gasteiger partial charge in [0.15, 0.2) is 11.6 Å². The SMILES string of the molecule is CC(C)[C@@H](NC(=O)c1cc(F)c(F)cc1[N+](=O)[O-])C(=O)O. The largest absolute Gasteiger partial charge is 0.480 e. The third-order valence-electron chi connectivity index (χ3n) is 2.70. The van der Waals surface area contributed by atoms with Crippen molar-refractivity contribution in [2.75, 3.05) is 0 Å². The molecule has 21 heavy (non-hydrogen) atoms. The highest BCUT2D eigenvalue weighted by molar-refractivity contribution is 6.00. The fourth-order valence-corrected chi connectivity index (χ4v) is 1.60. The van der Waals surface area contributed by atoms with Crippen LogP contribution in [0.1, 0.15) is 24.2 Å². The van der Waals surface area contributed by atoms with Gasteiger partial charge in [-0.15, -0.1) is 0 Å². The molecule has 1 rings (SSSR count). The molecule has 2 N–H and O–H groups in total. The van der Waals surface area contributed by atoms with Crippen LogP contribution >= 0.6 is 0 Å². The number of aliphatic carboxylic acids is 1. The standard InChI is InChI=1S/C12H12F2N2O5/c1-5(2)10(12(18)19)15-11(17)6-3-7(13)8(14)4-9(6)16(20)21/h3-5,10H,1-2H3,(H,15,17)(H,18,19)/t10-/m1/s1. The van der Waals surface area contributed by atoms with Gasteiger partial charge in [-0.25, -0.2) is 13.6 Å². The molecule has 0 saturated carbocycles. The zero-order chi connectivity index (χ0) is 16.3. The van der Waals surface area contributed by atoms with Gasteiger partial charge in [0.05, 0.1) is 11.0 Å². The Morgan fingerprint density at radius 1 is 1.29 bits per heavy atom. The van der Waals surface area contributed by atoms with E-state index in [0.29, 0.717) is 6.07 Å². The average molecular weight is 302 g/mol. The van der Waals surface area contributed by atoms with Crippen molar-refractivity contribution in [3.8, 4) is 0 Å². The van der Waals surface area contributed by atoms with E-state index in [2.05, 4.69) is 0 Å². The van der Waals surface area contributed by atoms with Crippen molar-refractivity contribution >= 4 is 17.6 Å². The van der Waals surface area contributed by atoms with Gasteiger partial charge in [0.1, 0.15) is 11.6 Å². The lowest BCUT2D eigenvalue weighted by Gasteiger charge is -2.17. The van der Waals surface area contributed by atoms with Crippen LogP contribution in [-0.2, 0) is 4.79 Å². The van der Waals surface area contributed by atoms with Crippen molar-refractivity contribution in [2.24, 2.45) is 5.92 Å². The first-order chi connectivity index (χ1) is 9.65. The van der Waals surface area contributed by atoms with Crippen LogP contribution in [0.15, 0.2) is 12.1 Å². The zero-order valence-corrected chi connectivity index (χ0v) is 11.1. The van der Waals surface area contributed by atoms with E-state index in [1.54, 1.807) is 0 Å². The van der Waals surface area contributed by atoms with Crippen LogP contribution in [0.4, 0.5) is 14.5 Å². The van der Waals surface area contributed by atoms with Gasteiger partial charge >= 0.3 is 5.97 Å². The molecule has 0 bridgehead atoms. The number of halogens is 2. The highest BCUT2D eigenvalue weighted by Gasteiger charge is 2.29. The molecule has 0 heterocycles. The molecule has 0 radical (unpaired) electrons. The number of carbonyl (C=O) groups excluding carboxylic acids is 1. The maximum absolute atomic E-state index is 13.1. The number of nitro benzene ring substituents is 1. The Morgan fingerprint density at radius 2 is 1.81 bits per heavy atom. The van der Waals surface area contributed by atoms with Crippen molar-refractivity contribution in [2.45, 2.75) is 19.9 Å². The second kappa shape index (κ2) is 6.25. The smallest absolute Gasteiger partial charge is 0.326 e. The third-order valence-corrected chi connectivity index (χ3v) is 2.70. The van der Waals surface area contributed by atoms with E-state index < -0.39 is 51.6 Å². The first kappa shape index (κ1) is 16.5. The number of nitrogens with one attached hydrogen (secondary N) is 1. The number of carbonyl (C=O) groups is 2. The van der Waals surface area contributed by atoms with Gasteiger partial charge in [0.25, 0.3) is 11.6 Å². The highest BCUT2D eigenvalue weighted by Crippen LogP contribution is 2.22. The summed E-state index contributed by atoms with van der Waals surface area (Å²) in [7, 11) is 0. The summed E-state index contributed by atoms with van der Waals surface area (Å²) in [5.41, 5.74) is -1.69.